The van der Waals surface area contributed by atoms with E-state index in [4.69, 9.17) is 0 Å². The zero-order valence-corrected chi connectivity index (χ0v) is 8.47. The van der Waals surface area contributed by atoms with Gasteiger partial charge in [-0.15, -0.1) is 0 Å². The lowest BCUT2D eigenvalue weighted by Crippen LogP contribution is -2.39. The Balaban J connectivity index is 1.65. The van der Waals surface area contributed by atoms with Gasteiger partial charge < -0.3 is 5.32 Å². The van der Waals surface area contributed by atoms with Crippen LogP contribution in [-0.2, 0) is 0 Å². The molecule has 0 spiro atoms. The maximum Gasteiger partial charge on any atom is 0.00729 e. The first kappa shape index (κ1) is 8.28. The van der Waals surface area contributed by atoms with Crippen molar-refractivity contribution in [3.63, 3.8) is 0 Å². The van der Waals surface area contributed by atoms with Gasteiger partial charge in [-0.1, -0.05) is 25.7 Å². The quantitative estimate of drug-likeness (QED) is 0.652. The van der Waals surface area contributed by atoms with Gasteiger partial charge in [0.05, 0.1) is 0 Å². The van der Waals surface area contributed by atoms with Gasteiger partial charge in [0, 0.05) is 12.1 Å². The third kappa shape index (κ3) is 1.52. The van der Waals surface area contributed by atoms with E-state index < -0.39 is 0 Å². The molecule has 1 nitrogen and oxygen atoms in total. The molecule has 74 valence electrons. The van der Waals surface area contributed by atoms with Gasteiger partial charge in [-0.2, -0.15) is 0 Å². The lowest BCUT2D eigenvalue weighted by atomic mass is 9.81. The Kier molecular flexibility index (Phi) is 2.08. The second-order valence-electron chi connectivity index (χ2n) is 5.41. The lowest BCUT2D eigenvalue weighted by Gasteiger charge is -2.33. The summed E-state index contributed by atoms with van der Waals surface area (Å²) >= 11 is 0. The summed E-state index contributed by atoms with van der Waals surface area (Å²) in [4.78, 5) is 0. The smallest absolute Gasteiger partial charge is 0.00729 e. The highest BCUT2D eigenvalue weighted by molar-refractivity contribution is 4.94. The Morgan fingerprint density at radius 2 is 1.31 bits per heavy atom. The number of rotatable bonds is 1. The van der Waals surface area contributed by atoms with E-state index in [1.807, 2.05) is 0 Å². The molecule has 3 rings (SSSR count). The molecular weight excluding hydrogens is 158 g/mol. The van der Waals surface area contributed by atoms with Crippen molar-refractivity contribution in [3.05, 3.63) is 0 Å². The zero-order chi connectivity index (χ0) is 8.67. The first-order valence-electron chi connectivity index (χ1n) is 6.18. The molecule has 2 bridgehead atoms. The van der Waals surface area contributed by atoms with Crippen LogP contribution in [0.5, 0.6) is 0 Å². The minimum absolute atomic E-state index is 0.907. The molecule has 3 aliphatic rings. The summed E-state index contributed by atoms with van der Waals surface area (Å²) in [5, 5.41) is 3.74. The van der Waals surface area contributed by atoms with Crippen molar-refractivity contribution in [2.24, 2.45) is 11.8 Å². The van der Waals surface area contributed by atoms with Crippen molar-refractivity contribution in [2.45, 2.75) is 63.5 Å². The second-order valence-corrected chi connectivity index (χ2v) is 5.41. The van der Waals surface area contributed by atoms with Gasteiger partial charge >= 0.3 is 0 Å². The van der Waals surface area contributed by atoms with E-state index in [0.29, 0.717) is 0 Å². The Morgan fingerprint density at radius 1 is 0.692 bits per heavy atom. The second kappa shape index (κ2) is 3.27. The van der Waals surface area contributed by atoms with Crippen LogP contribution in [0.15, 0.2) is 0 Å². The molecule has 13 heavy (non-hydrogen) atoms. The van der Waals surface area contributed by atoms with Crippen LogP contribution in [0.25, 0.3) is 0 Å². The first-order valence-corrected chi connectivity index (χ1v) is 6.18. The molecule has 2 unspecified atom stereocenters. The van der Waals surface area contributed by atoms with Gasteiger partial charge in [-0.3, -0.25) is 0 Å². The first-order chi connectivity index (χ1) is 6.42. The fourth-order valence-electron chi connectivity index (χ4n) is 3.91. The minimum Gasteiger partial charge on any atom is -0.311 e. The average molecular weight is 179 g/mol. The van der Waals surface area contributed by atoms with Gasteiger partial charge in [0.25, 0.3) is 0 Å². The van der Waals surface area contributed by atoms with Crippen molar-refractivity contribution in [1.82, 2.24) is 5.32 Å². The maximum atomic E-state index is 3.74. The van der Waals surface area contributed by atoms with Crippen LogP contribution in [0.1, 0.15) is 51.4 Å². The van der Waals surface area contributed by atoms with Gasteiger partial charge in [0.15, 0.2) is 0 Å². The number of piperidine rings is 1. The van der Waals surface area contributed by atoms with Gasteiger partial charge in [-0.05, 0) is 37.5 Å². The molecule has 1 aliphatic carbocycles. The summed E-state index contributed by atoms with van der Waals surface area (Å²) in [6, 6.07) is 1.81. The largest absolute Gasteiger partial charge is 0.311 e. The average Bonchev–Trinajstić information content (AvgIpc) is 2.75. The van der Waals surface area contributed by atoms with Crippen molar-refractivity contribution in [1.29, 1.82) is 0 Å². The molecule has 1 heteroatoms. The van der Waals surface area contributed by atoms with Crippen molar-refractivity contribution in [3.8, 4) is 0 Å². The Bertz CT molecular complexity index is 172. The normalized spacial score (nSPS) is 45.7. The predicted molar refractivity (Wildman–Crippen MR) is 54.6 cm³/mol. The van der Waals surface area contributed by atoms with Crippen molar-refractivity contribution in [2.75, 3.05) is 0 Å². The van der Waals surface area contributed by atoms with Gasteiger partial charge in [0.2, 0.25) is 0 Å². The number of nitrogens with one attached hydrogen (secondary N) is 1. The third-order valence-electron chi connectivity index (χ3n) is 4.58. The fraction of sp³-hybridized carbons (Fsp3) is 1.00. The SMILES string of the molecule is C1CCC(C2CC3CCC(C2)N3)C1. The van der Waals surface area contributed by atoms with Crippen molar-refractivity contribution >= 4 is 0 Å². The molecule has 3 fully saturated rings. The minimum atomic E-state index is 0.907. The molecule has 1 N–H and O–H groups in total. The molecule has 2 saturated heterocycles. The summed E-state index contributed by atoms with van der Waals surface area (Å²) < 4.78 is 0. The van der Waals surface area contributed by atoms with Crippen LogP contribution in [0.4, 0.5) is 0 Å². The zero-order valence-electron chi connectivity index (χ0n) is 8.47. The van der Waals surface area contributed by atoms with E-state index in [9.17, 15) is 0 Å². The summed E-state index contributed by atoms with van der Waals surface area (Å²) in [7, 11) is 0. The highest BCUT2D eigenvalue weighted by Crippen LogP contribution is 2.41. The number of hydrogen-bond acceptors (Lipinski definition) is 1. The maximum absolute atomic E-state index is 3.74. The monoisotopic (exact) mass is 179 g/mol. The standard InChI is InChI=1S/C12H21N/c1-2-4-9(3-1)10-7-11-5-6-12(8-10)13-11/h9-13H,1-8H2. The highest BCUT2D eigenvalue weighted by atomic mass is 15.0. The molecule has 0 aromatic heterocycles. The third-order valence-corrected chi connectivity index (χ3v) is 4.58. The lowest BCUT2D eigenvalue weighted by molar-refractivity contribution is 0.219. The molecular formula is C12H21N. The fourth-order valence-corrected chi connectivity index (χ4v) is 3.91. The van der Waals surface area contributed by atoms with Crippen LogP contribution in [-0.4, -0.2) is 12.1 Å². The Labute approximate surface area is 81.3 Å². The molecule has 0 aromatic carbocycles. The summed E-state index contributed by atoms with van der Waals surface area (Å²) in [5.41, 5.74) is 0. The van der Waals surface area contributed by atoms with E-state index in [1.54, 1.807) is 12.8 Å². The summed E-state index contributed by atoms with van der Waals surface area (Å²) in [5.74, 6) is 2.21. The highest BCUT2D eigenvalue weighted by Gasteiger charge is 2.37. The number of hydrogen-bond donors (Lipinski definition) is 1. The molecule has 0 aromatic rings. The van der Waals surface area contributed by atoms with Crippen LogP contribution >= 0.6 is 0 Å². The molecule has 2 atom stereocenters. The molecule has 2 aliphatic heterocycles. The van der Waals surface area contributed by atoms with Crippen molar-refractivity contribution < 1.29 is 0 Å². The van der Waals surface area contributed by atoms with E-state index in [-0.39, 0.29) is 0 Å². The predicted octanol–water partition coefficient (Wildman–Crippen LogP) is 2.71. The topological polar surface area (TPSA) is 12.0 Å². The molecule has 2 heterocycles. The van der Waals surface area contributed by atoms with E-state index in [2.05, 4.69) is 5.32 Å². The van der Waals surface area contributed by atoms with Crippen LogP contribution < -0.4 is 5.32 Å². The van der Waals surface area contributed by atoms with Crippen LogP contribution in [0.3, 0.4) is 0 Å². The molecule has 0 radical (unpaired) electrons. The molecule has 0 amide bonds. The van der Waals surface area contributed by atoms with E-state index in [0.717, 1.165) is 23.9 Å². The Hall–Kier alpha value is -0.0400. The van der Waals surface area contributed by atoms with Gasteiger partial charge in [0.1, 0.15) is 0 Å². The van der Waals surface area contributed by atoms with E-state index in [1.165, 1.54) is 38.5 Å². The summed E-state index contributed by atoms with van der Waals surface area (Å²) in [6.07, 6.45) is 12.1. The Morgan fingerprint density at radius 3 is 1.92 bits per heavy atom. The van der Waals surface area contributed by atoms with Gasteiger partial charge in [-0.25, -0.2) is 0 Å². The molecule has 1 saturated carbocycles. The van der Waals surface area contributed by atoms with Crippen LogP contribution in [0, 0.1) is 11.8 Å². The van der Waals surface area contributed by atoms with E-state index >= 15 is 0 Å². The summed E-state index contributed by atoms with van der Waals surface area (Å²) in [6.45, 7) is 0. The van der Waals surface area contributed by atoms with Crippen LogP contribution in [0.2, 0.25) is 0 Å². The number of fused-ring (bicyclic) bond motifs is 2.